The van der Waals surface area contributed by atoms with Crippen LogP contribution in [0, 0.1) is 6.92 Å². The normalized spacial score (nSPS) is 10.5. The third-order valence-corrected chi connectivity index (χ3v) is 2.34. The van der Waals surface area contributed by atoms with Crippen molar-refractivity contribution in [2.75, 3.05) is 5.75 Å². The highest BCUT2D eigenvalue weighted by Crippen LogP contribution is 2.15. The molecule has 0 aliphatic rings. The monoisotopic (exact) mass is 171 g/mol. The molecule has 1 heterocycles. The Labute approximate surface area is 71.2 Å². The highest BCUT2D eigenvalue weighted by Gasteiger charge is 2.04. The van der Waals surface area contributed by atoms with E-state index in [4.69, 9.17) is 0 Å². The molecular weight excluding hydrogens is 158 g/mol. The van der Waals surface area contributed by atoms with Crippen LogP contribution < -0.4 is 0 Å². The van der Waals surface area contributed by atoms with Gasteiger partial charge in [-0.15, -0.1) is 10.2 Å². The maximum Gasteiger partial charge on any atom is 0.191 e. The molecule has 3 nitrogen and oxygen atoms in total. The number of thioether (sulfide) groups is 1. The summed E-state index contributed by atoms with van der Waals surface area (Å²) < 4.78 is 2.12. The lowest BCUT2D eigenvalue weighted by atomic mass is 10.6. The zero-order valence-corrected chi connectivity index (χ0v) is 7.98. The van der Waals surface area contributed by atoms with E-state index in [1.54, 1.807) is 11.8 Å². The fourth-order valence-electron chi connectivity index (χ4n) is 0.961. The lowest BCUT2D eigenvalue weighted by Gasteiger charge is -2.01. The van der Waals surface area contributed by atoms with Crippen molar-refractivity contribution in [2.24, 2.45) is 0 Å². The number of aromatic nitrogens is 3. The summed E-state index contributed by atoms with van der Waals surface area (Å²) in [6, 6.07) is 0. The average Bonchev–Trinajstić information content (AvgIpc) is 2.33. The van der Waals surface area contributed by atoms with Crippen LogP contribution in [0.2, 0.25) is 0 Å². The average molecular weight is 171 g/mol. The Kier molecular flexibility index (Phi) is 2.93. The molecule has 0 atom stereocenters. The maximum absolute atomic E-state index is 4.05. The van der Waals surface area contributed by atoms with E-state index in [0.717, 1.165) is 23.3 Å². The van der Waals surface area contributed by atoms with Crippen LogP contribution in [0.15, 0.2) is 5.16 Å². The number of hydrogen-bond donors (Lipinski definition) is 0. The SMILES string of the molecule is CCSc1nnc(C)n1CC. The zero-order chi connectivity index (χ0) is 8.27. The summed E-state index contributed by atoms with van der Waals surface area (Å²) in [6.07, 6.45) is 0. The first-order valence-corrected chi connectivity index (χ1v) is 4.80. The van der Waals surface area contributed by atoms with Gasteiger partial charge in [0.25, 0.3) is 0 Å². The minimum atomic E-state index is 0.959. The van der Waals surface area contributed by atoms with E-state index < -0.39 is 0 Å². The molecule has 0 saturated carbocycles. The fourth-order valence-corrected chi connectivity index (χ4v) is 1.74. The standard InChI is InChI=1S/C7H13N3S/c1-4-10-6(3)8-9-7(10)11-5-2/h4-5H2,1-3H3. The van der Waals surface area contributed by atoms with Crippen LogP contribution >= 0.6 is 11.8 Å². The summed E-state index contributed by atoms with van der Waals surface area (Å²) in [6.45, 7) is 7.17. The van der Waals surface area contributed by atoms with Crippen molar-refractivity contribution >= 4 is 11.8 Å². The molecule has 0 spiro atoms. The summed E-state index contributed by atoms with van der Waals surface area (Å²) in [5.41, 5.74) is 0. The predicted molar refractivity (Wildman–Crippen MR) is 46.8 cm³/mol. The predicted octanol–water partition coefficient (Wildman–Crippen LogP) is 1.72. The van der Waals surface area contributed by atoms with Crippen LogP contribution in [0.5, 0.6) is 0 Å². The molecule has 0 aliphatic carbocycles. The van der Waals surface area contributed by atoms with Gasteiger partial charge < -0.3 is 4.57 Å². The molecule has 0 saturated heterocycles. The summed E-state index contributed by atoms with van der Waals surface area (Å²) in [5.74, 6) is 2.06. The molecule has 11 heavy (non-hydrogen) atoms. The summed E-state index contributed by atoms with van der Waals surface area (Å²) in [5, 5.41) is 9.09. The molecule has 0 radical (unpaired) electrons. The van der Waals surface area contributed by atoms with E-state index in [9.17, 15) is 0 Å². The van der Waals surface area contributed by atoms with Gasteiger partial charge in [-0.1, -0.05) is 18.7 Å². The molecule has 0 bridgehead atoms. The quantitative estimate of drug-likeness (QED) is 0.649. The first-order valence-electron chi connectivity index (χ1n) is 3.82. The van der Waals surface area contributed by atoms with Crippen molar-refractivity contribution in [3.63, 3.8) is 0 Å². The van der Waals surface area contributed by atoms with Gasteiger partial charge in [0.15, 0.2) is 5.16 Å². The highest BCUT2D eigenvalue weighted by molar-refractivity contribution is 7.99. The van der Waals surface area contributed by atoms with E-state index >= 15 is 0 Å². The Morgan fingerprint density at radius 2 is 2.09 bits per heavy atom. The summed E-state index contributed by atoms with van der Waals surface area (Å²) in [4.78, 5) is 0. The number of aryl methyl sites for hydroxylation is 1. The molecule has 1 rings (SSSR count). The zero-order valence-electron chi connectivity index (χ0n) is 7.16. The van der Waals surface area contributed by atoms with Crippen LogP contribution in [0.4, 0.5) is 0 Å². The largest absolute Gasteiger partial charge is 0.307 e. The van der Waals surface area contributed by atoms with Gasteiger partial charge in [0.2, 0.25) is 0 Å². The smallest absolute Gasteiger partial charge is 0.191 e. The Morgan fingerprint density at radius 1 is 1.36 bits per heavy atom. The first-order chi connectivity index (χ1) is 5.29. The molecule has 0 N–H and O–H groups in total. The second-order valence-corrected chi connectivity index (χ2v) is 3.44. The third-order valence-electron chi connectivity index (χ3n) is 1.49. The molecule has 1 aromatic heterocycles. The maximum atomic E-state index is 4.05. The van der Waals surface area contributed by atoms with Gasteiger partial charge in [-0.05, 0) is 19.6 Å². The lowest BCUT2D eigenvalue weighted by molar-refractivity contribution is 0.662. The second kappa shape index (κ2) is 3.76. The van der Waals surface area contributed by atoms with Gasteiger partial charge in [-0.2, -0.15) is 0 Å². The van der Waals surface area contributed by atoms with Crippen molar-refractivity contribution in [1.29, 1.82) is 0 Å². The minimum Gasteiger partial charge on any atom is -0.307 e. The van der Waals surface area contributed by atoms with Crippen molar-refractivity contribution in [3.05, 3.63) is 5.82 Å². The van der Waals surface area contributed by atoms with Crippen molar-refractivity contribution < 1.29 is 0 Å². The van der Waals surface area contributed by atoms with Crippen LogP contribution in [0.25, 0.3) is 0 Å². The number of nitrogens with zero attached hydrogens (tertiary/aromatic N) is 3. The van der Waals surface area contributed by atoms with E-state index in [1.807, 2.05) is 6.92 Å². The van der Waals surface area contributed by atoms with E-state index in [2.05, 4.69) is 28.6 Å². The molecule has 0 amide bonds. The topological polar surface area (TPSA) is 30.7 Å². The molecule has 62 valence electrons. The number of rotatable bonds is 3. The second-order valence-electron chi connectivity index (χ2n) is 2.21. The number of hydrogen-bond acceptors (Lipinski definition) is 3. The Hall–Kier alpha value is -0.510. The molecule has 0 aliphatic heterocycles. The molecule has 1 aromatic rings. The van der Waals surface area contributed by atoms with E-state index in [0.29, 0.717) is 0 Å². The molecule has 0 unspecified atom stereocenters. The van der Waals surface area contributed by atoms with E-state index in [-0.39, 0.29) is 0 Å². The van der Waals surface area contributed by atoms with Gasteiger partial charge in [-0.3, -0.25) is 0 Å². The Balaban J connectivity index is 2.86. The molecule has 0 fully saturated rings. The van der Waals surface area contributed by atoms with Crippen molar-refractivity contribution in [2.45, 2.75) is 32.5 Å². The van der Waals surface area contributed by atoms with Gasteiger partial charge in [0, 0.05) is 6.54 Å². The lowest BCUT2D eigenvalue weighted by Crippen LogP contribution is -1.98. The van der Waals surface area contributed by atoms with Crippen LogP contribution in [-0.4, -0.2) is 20.5 Å². The third kappa shape index (κ3) is 1.74. The highest BCUT2D eigenvalue weighted by atomic mass is 32.2. The van der Waals surface area contributed by atoms with Gasteiger partial charge >= 0.3 is 0 Å². The fraction of sp³-hybridized carbons (Fsp3) is 0.714. The van der Waals surface area contributed by atoms with Crippen LogP contribution in [0.3, 0.4) is 0 Å². The molecule has 0 aromatic carbocycles. The molecule has 4 heteroatoms. The van der Waals surface area contributed by atoms with Gasteiger partial charge in [-0.25, -0.2) is 0 Å². The van der Waals surface area contributed by atoms with Crippen LogP contribution in [0.1, 0.15) is 19.7 Å². The summed E-state index contributed by atoms with van der Waals surface area (Å²) >= 11 is 1.74. The van der Waals surface area contributed by atoms with Gasteiger partial charge in [0.05, 0.1) is 0 Å². The van der Waals surface area contributed by atoms with Crippen molar-refractivity contribution in [1.82, 2.24) is 14.8 Å². The Morgan fingerprint density at radius 3 is 2.64 bits per heavy atom. The van der Waals surface area contributed by atoms with E-state index in [1.165, 1.54) is 0 Å². The van der Waals surface area contributed by atoms with Crippen molar-refractivity contribution in [3.8, 4) is 0 Å². The molecular formula is C7H13N3S. The van der Waals surface area contributed by atoms with Gasteiger partial charge in [0.1, 0.15) is 5.82 Å². The van der Waals surface area contributed by atoms with Crippen LogP contribution in [-0.2, 0) is 6.54 Å². The minimum absolute atomic E-state index is 0.959. The first kappa shape index (κ1) is 8.59. The Bertz CT molecular complexity index is 232. The summed E-state index contributed by atoms with van der Waals surface area (Å²) in [7, 11) is 0.